The zero-order chi connectivity index (χ0) is 9.52. The second-order valence-corrected chi connectivity index (χ2v) is 4.46. The third-order valence-corrected chi connectivity index (χ3v) is 2.81. The van der Waals surface area contributed by atoms with Crippen LogP contribution in [0, 0.1) is 0 Å². The van der Waals surface area contributed by atoms with E-state index in [0.29, 0.717) is 0 Å². The number of allylic oxidation sites excluding steroid dienone is 1. The van der Waals surface area contributed by atoms with Gasteiger partial charge in [0.2, 0.25) is 0 Å². The Morgan fingerprint density at radius 3 is 2.69 bits per heavy atom. The van der Waals surface area contributed by atoms with Gasteiger partial charge in [-0.3, -0.25) is 0 Å². The predicted octanol–water partition coefficient (Wildman–Crippen LogP) is 4.66. The van der Waals surface area contributed by atoms with E-state index in [0.717, 1.165) is 17.2 Å². The van der Waals surface area contributed by atoms with Gasteiger partial charge in [0.25, 0.3) is 0 Å². The van der Waals surface area contributed by atoms with Gasteiger partial charge < -0.3 is 0 Å². The highest BCUT2D eigenvalue weighted by molar-refractivity contribution is 8.04. The summed E-state index contributed by atoms with van der Waals surface area (Å²) in [6.07, 6.45) is 4.27. The number of benzene rings is 1. The molecular formula is C11H13ClS. The molecule has 0 aliphatic rings. The first kappa shape index (κ1) is 10.7. The molecule has 0 saturated heterocycles. The van der Waals surface area contributed by atoms with Crippen molar-refractivity contribution in [1.29, 1.82) is 0 Å². The highest BCUT2D eigenvalue weighted by atomic mass is 35.5. The van der Waals surface area contributed by atoms with E-state index in [1.807, 2.05) is 18.2 Å². The average Bonchev–Trinajstić information content (AvgIpc) is 2.16. The molecular weight excluding hydrogens is 200 g/mol. The number of unbranched alkanes of at least 4 members (excludes halogenated alkanes) is 1. The Balaban J connectivity index is 2.50. The van der Waals surface area contributed by atoms with Crippen LogP contribution in [0.1, 0.15) is 19.8 Å². The monoisotopic (exact) mass is 212 g/mol. The van der Waals surface area contributed by atoms with E-state index < -0.39 is 0 Å². The molecule has 0 aliphatic heterocycles. The Hall–Kier alpha value is -0.400. The van der Waals surface area contributed by atoms with Crippen molar-refractivity contribution >= 4 is 23.4 Å². The molecule has 0 spiro atoms. The summed E-state index contributed by atoms with van der Waals surface area (Å²) in [5.74, 6) is 0. The third-order valence-electron chi connectivity index (χ3n) is 1.55. The minimum absolute atomic E-state index is 0.869. The Kier molecular flexibility index (Phi) is 5.02. The van der Waals surface area contributed by atoms with Gasteiger partial charge in [0, 0.05) is 4.90 Å². The van der Waals surface area contributed by atoms with E-state index in [9.17, 15) is 0 Å². The number of hydrogen-bond donors (Lipinski definition) is 0. The van der Waals surface area contributed by atoms with Crippen molar-refractivity contribution in [2.24, 2.45) is 0 Å². The number of halogens is 1. The maximum atomic E-state index is 6.02. The fraction of sp³-hybridized carbons (Fsp3) is 0.273. The largest absolute Gasteiger partial charge is 0.0780 e. The molecule has 1 aromatic rings. The molecule has 13 heavy (non-hydrogen) atoms. The number of thioether (sulfide) groups is 1. The summed E-state index contributed by atoms with van der Waals surface area (Å²) in [6.45, 7) is 2.15. The molecule has 0 unspecified atom stereocenters. The molecule has 0 fully saturated rings. The first-order valence-corrected chi connectivity index (χ1v) is 5.61. The summed E-state index contributed by atoms with van der Waals surface area (Å²) in [6, 6.07) is 10.2. The zero-order valence-corrected chi connectivity index (χ0v) is 9.24. The van der Waals surface area contributed by atoms with Gasteiger partial charge in [0.15, 0.2) is 0 Å². The molecule has 0 atom stereocenters. The van der Waals surface area contributed by atoms with E-state index in [1.165, 1.54) is 4.90 Å². The number of rotatable bonds is 4. The first-order chi connectivity index (χ1) is 6.33. The van der Waals surface area contributed by atoms with Crippen LogP contribution in [-0.2, 0) is 0 Å². The third kappa shape index (κ3) is 4.39. The van der Waals surface area contributed by atoms with Crippen LogP contribution >= 0.6 is 23.4 Å². The van der Waals surface area contributed by atoms with E-state index in [2.05, 4.69) is 25.1 Å². The van der Waals surface area contributed by atoms with Gasteiger partial charge in [0.05, 0.1) is 4.36 Å². The van der Waals surface area contributed by atoms with Crippen molar-refractivity contribution in [2.75, 3.05) is 0 Å². The topological polar surface area (TPSA) is 0 Å². The minimum atomic E-state index is 0.869. The Labute approximate surface area is 89.0 Å². The maximum absolute atomic E-state index is 6.02. The van der Waals surface area contributed by atoms with Gasteiger partial charge in [-0.1, -0.05) is 61.0 Å². The van der Waals surface area contributed by atoms with Gasteiger partial charge in [-0.15, -0.1) is 0 Å². The molecule has 0 saturated carbocycles. The smallest absolute Gasteiger partial charge is 0.0742 e. The second-order valence-electron chi connectivity index (χ2n) is 2.71. The quantitative estimate of drug-likeness (QED) is 0.655. The van der Waals surface area contributed by atoms with E-state index in [-0.39, 0.29) is 0 Å². The fourth-order valence-electron chi connectivity index (χ4n) is 0.901. The lowest BCUT2D eigenvalue weighted by atomic mass is 10.3. The second kappa shape index (κ2) is 6.11. The van der Waals surface area contributed by atoms with E-state index in [4.69, 9.17) is 11.6 Å². The molecule has 0 bridgehead atoms. The Morgan fingerprint density at radius 1 is 1.38 bits per heavy atom. The predicted molar refractivity (Wildman–Crippen MR) is 61.1 cm³/mol. The van der Waals surface area contributed by atoms with Crippen molar-refractivity contribution in [1.82, 2.24) is 0 Å². The molecule has 0 heterocycles. The van der Waals surface area contributed by atoms with Crippen molar-refractivity contribution in [3.05, 3.63) is 40.8 Å². The van der Waals surface area contributed by atoms with Crippen LogP contribution in [0.15, 0.2) is 45.7 Å². The minimum Gasteiger partial charge on any atom is -0.0780 e. The average molecular weight is 213 g/mol. The van der Waals surface area contributed by atoms with Crippen LogP contribution in [0.25, 0.3) is 0 Å². The van der Waals surface area contributed by atoms with Crippen LogP contribution < -0.4 is 0 Å². The van der Waals surface area contributed by atoms with Gasteiger partial charge >= 0.3 is 0 Å². The van der Waals surface area contributed by atoms with Crippen molar-refractivity contribution in [3.63, 3.8) is 0 Å². The van der Waals surface area contributed by atoms with Crippen molar-refractivity contribution in [2.45, 2.75) is 24.7 Å². The molecule has 0 aliphatic carbocycles. The molecule has 1 aromatic carbocycles. The highest BCUT2D eigenvalue weighted by Gasteiger charge is 1.94. The van der Waals surface area contributed by atoms with Gasteiger partial charge in [-0.05, 0) is 18.6 Å². The summed E-state index contributed by atoms with van der Waals surface area (Å²) in [4.78, 5) is 1.19. The highest BCUT2D eigenvalue weighted by Crippen LogP contribution is 2.29. The van der Waals surface area contributed by atoms with Crippen LogP contribution in [0.4, 0.5) is 0 Å². The summed E-state index contributed by atoms with van der Waals surface area (Å²) < 4.78 is 0.869. The molecule has 70 valence electrons. The molecule has 2 heteroatoms. The van der Waals surface area contributed by atoms with E-state index >= 15 is 0 Å². The first-order valence-electron chi connectivity index (χ1n) is 4.41. The summed E-state index contributed by atoms with van der Waals surface area (Å²) in [7, 11) is 0. The maximum Gasteiger partial charge on any atom is 0.0742 e. The van der Waals surface area contributed by atoms with Crippen LogP contribution in [-0.4, -0.2) is 0 Å². The van der Waals surface area contributed by atoms with Crippen molar-refractivity contribution in [3.8, 4) is 0 Å². The molecule has 0 aromatic heterocycles. The standard InChI is InChI=1S/C11H13ClS/c1-2-3-9-11(12)13-10-7-5-4-6-8-10/h4-9H,2-3H2,1H3. The lowest BCUT2D eigenvalue weighted by Crippen LogP contribution is -1.69. The molecule has 0 nitrogen and oxygen atoms in total. The zero-order valence-electron chi connectivity index (χ0n) is 7.66. The van der Waals surface area contributed by atoms with Gasteiger partial charge in [-0.25, -0.2) is 0 Å². The van der Waals surface area contributed by atoms with Crippen LogP contribution in [0.5, 0.6) is 0 Å². The summed E-state index contributed by atoms with van der Waals surface area (Å²) in [5.41, 5.74) is 0. The lowest BCUT2D eigenvalue weighted by molar-refractivity contribution is 0.959. The normalized spacial score (nSPS) is 11.7. The molecule has 1 rings (SSSR count). The van der Waals surface area contributed by atoms with Crippen LogP contribution in [0.3, 0.4) is 0 Å². The fourth-order valence-corrected chi connectivity index (χ4v) is 2.00. The van der Waals surface area contributed by atoms with Crippen LogP contribution in [0.2, 0.25) is 0 Å². The lowest BCUT2D eigenvalue weighted by Gasteiger charge is -1.98. The number of hydrogen-bond acceptors (Lipinski definition) is 1. The summed E-state index contributed by atoms with van der Waals surface area (Å²) in [5, 5.41) is 0. The SMILES string of the molecule is CCCC=C(Cl)Sc1ccccc1. The van der Waals surface area contributed by atoms with Gasteiger partial charge in [0.1, 0.15) is 0 Å². The molecule has 0 amide bonds. The Morgan fingerprint density at radius 2 is 2.08 bits per heavy atom. The molecule has 0 N–H and O–H groups in total. The Bertz CT molecular complexity index is 267. The molecule has 0 radical (unpaired) electrons. The van der Waals surface area contributed by atoms with E-state index in [1.54, 1.807) is 11.8 Å². The summed E-state index contributed by atoms with van der Waals surface area (Å²) >= 11 is 7.63. The van der Waals surface area contributed by atoms with Gasteiger partial charge in [-0.2, -0.15) is 0 Å². The van der Waals surface area contributed by atoms with Crippen molar-refractivity contribution < 1.29 is 0 Å².